The van der Waals surface area contributed by atoms with Crippen LogP contribution in [-0.2, 0) is 4.43 Å². The van der Waals surface area contributed by atoms with Crippen molar-refractivity contribution in [3.8, 4) is 0 Å². The van der Waals surface area contributed by atoms with E-state index in [1.165, 1.54) is 0 Å². The molecule has 0 aliphatic carbocycles. The molecule has 0 unspecified atom stereocenters. The van der Waals surface area contributed by atoms with Crippen LogP contribution in [0.4, 0.5) is 4.79 Å². The van der Waals surface area contributed by atoms with Crippen molar-refractivity contribution in [1.82, 2.24) is 10.6 Å². The molecule has 3 N–H and O–H groups in total. The lowest BCUT2D eigenvalue weighted by atomic mass is 9.97. The summed E-state index contributed by atoms with van der Waals surface area (Å²) < 4.78 is 6.21. The van der Waals surface area contributed by atoms with Crippen LogP contribution in [-0.4, -0.2) is 45.3 Å². The fourth-order valence-electron chi connectivity index (χ4n) is 1.98. The second-order valence-corrected chi connectivity index (χ2v) is 11.8. The first kappa shape index (κ1) is 16.5. The minimum absolute atomic E-state index is 0.000680. The Hall–Kier alpha value is -0.593. The van der Waals surface area contributed by atoms with Crippen LogP contribution in [0.3, 0.4) is 0 Å². The number of carbonyl (C=O) groups is 1. The lowest BCUT2D eigenvalue weighted by Gasteiger charge is -2.38. The Morgan fingerprint density at radius 1 is 1.42 bits per heavy atom. The molecule has 112 valence electrons. The van der Waals surface area contributed by atoms with Gasteiger partial charge in [-0.15, -0.1) is 0 Å². The Morgan fingerprint density at radius 2 is 2.05 bits per heavy atom. The molecule has 0 aromatic rings. The summed E-state index contributed by atoms with van der Waals surface area (Å²) in [7, 11) is -1.71. The highest BCUT2D eigenvalue weighted by molar-refractivity contribution is 6.74. The van der Waals surface area contributed by atoms with Crippen LogP contribution in [0.15, 0.2) is 0 Å². The summed E-state index contributed by atoms with van der Waals surface area (Å²) in [5.41, 5.74) is 0. The van der Waals surface area contributed by atoms with Gasteiger partial charge in [-0.3, -0.25) is 0 Å². The predicted molar refractivity (Wildman–Crippen MR) is 79.1 cm³/mol. The fourth-order valence-corrected chi connectivity index (χ4v) is 3.07. The largest absolute Gasteiger partial charge is 0.465 e. The van der Waals surface area contributed by atoms with E-state index in [2.05, 4.69) is 44.5 Å². The molecule has 0 aromatic carbocycles. The molecule has 0 radical (unpaired) electrons. The highest BCUT2D eigenvalue weighted by Gasteiger charge is 2.38. The maximum atomic E-state index is 10.7. The van der Waals surface area contributed by atoms with E-state index in [4.69, 9.17) is 9.53 Å². The van der Waals surface area contributed by atoms with Crippen molar-refractivity contribution in [2.45, 2.75) is 51.4 Å². The molecule has 6 heteroatoms. The second-order valence-electron chi connectivity index (χ2n) is 6.98. The Bertz CT molecular complexity index is 316. The molecular weight excluding hydrogens is 260 g/mol. The average molecular weight is 288 g/mol. The summed E-state index contributed by atoms with van der Waals surface area (Å²) in [4.78, 5) is 10.7. The molecule has 0 aromatic heterocycles. The molecule has 0 saturated carbocycles. The summed E-state index contributed by atoms with van der Waals surface area (Å²) in [5, 5.41) is 14.8. The second kappa shape index (κ2) is 6.24. The zero-order valence-corrected chi connectivity index (χ0v) is 13.7. The van der Waals surface area contributed by atoms with Crippen LogP contribution in [0, 0.1) is 5.92 Å². The van der Waals surface area contributed by atoms with Crippen LogP contribution >= 0.6 is 0 Å². The predicted octanol–water partition coefficient (Wildman–Crippen LogP) is 2.25. The van der Waals surface area contributed by atoms with Crippen LogP contribution in [0.5, 0.6) is 0 Å². The number of hydrogen-bond donors (Lipinski definition) is 3. The minimum atomic E-state index is -1.71. The summed E-state index contributed by atoms with van der Waals surface area (Å²) in [6.45, 7) is 13.5. The SMILES string of the molecule is CC(C)(C)[Si](C)(C)OC[C@H]1CNC[C@@H](NC(=O)O)C1. The van der Waals surface area contributed by atoms with Crippen molar-refractivity contribution in [3.63, 3.8) is 0 Å². The van der Waals surface area contributed by atoms with Gasteiger partial charge in [-0.1, -0.05) is 20.8 Å². The van der Waals surface area contributed by atoms with Gasteiger partial charge in [0.2, 0.25) is 0 Å². The third-order valence-electron chi connectivity index (χ3n) is 4.26. The van der Waals surface area contributed by atoms with E-state index in [1.807, 2.05) is 0 Å². The monoisotopic (exact) mass is 288 g/mol. The van der Waals surface area contributed by atoms with Gasteiger partial charge in [0, 0.05) is 25.7 Å². The smallest absolute Gasteiger partial charge is 0.404 e. The number of amides is 1. The number of carboxylic acid groups (broad SMARTS) is 1. The first-order valence-electron chi connectivity index (χ1n) is 6.96. The molecule has 5 nitrogen and oxygen atoms in total. The van der Waals surface area contributed by atoms with Crippen molar-refractivity contribution in [2.24, 2.45) is 5.92 Å². The van der Waals surface area contributed by atoms with E-state index in [-0.39, 0.29) is 11.1 Å². The molecular formula is C13H28N2O3Si. The molecule has 1 fully saturated rings. The summed E-state index contributed by atoms with van der Waals surface area (Å²) in [5.74, 6) is 0.389. The van der Waals surface area contributed by atoms with Crippen molar-refractivity contribution < 1.29 is 14.3 Å². The van der Waals surface area contributed by atoms with Gasteiger partial charge in [-0.25, -0.2) is 4.79 Å². The molecule has 1 amide bonds. The molecule has 1 saturated heterocycles. The summed E-state index contributed by atoms with van der Waals surface area (Å²) in [6.07, 6.45) is -0.0914. The third kappa shape index (κ3) is 5.12. The standard InChI is InChI=1S/C13H28N2O3Si/c1-13(2,3)19(4,5)18-9-10-6-11(8-14-7-10)15-12(16)17/h10-11,14-15H,6-9H2,1-5H3,(H,16,17)/t10-,11+/m1/s1. The van der Waals surface area contributed by atoms with E-state index >= 15 is 0 Å². The van der Waals surface area contributed by atoms with Crippen LogP contribution in [0.2, 0.25) is 18.1 Å². The molecule has 1 aliphatic rings. The van der Waals surface area contributed by atoms with Gasteiger partial charge in [-0.2, -0.15) is 0 Å². The Kier molecular flexibility index (Phi) is 5.40. The van der Waals surface area contributed by atoms with Gasteiger partial charge < -0.3 is 20.2 Å². The summed E-state index contributed by atoms with van der Waals surface area (Å²) in [6, 6.07) is -0.000680. The quantitative estimate of drug-likeness (QED) is 0.694. The van der Waals surface area contributed by atoms with E-state index in [9.17, 15) is 4.79 Å². The minimum Gasteiger partial charge on any atom is -0.465 e. The zero-order valence-electron chi connectivity index (χ0n) is 12.7. The van der Waals surface area contributed by atoms with Gasteiger partial charge >= 0.3 is 6.09 Å². The van der Waals surface area contributed by atoms with Crippen molar-refractivity contribution in [3.05, 3.63) is 0 Å². The molecule has 19 heavy (non-hydrogen) atoms. The number of hydrogen-bond acceptors (Lipinski definition) is 3. The van der Waals surface area contributed by atoms with Gasteiger partial charge in [0.1, 0.15) is 0 Å². The van der Waals surface area contributed by atoms with Crippen LogP contribution in [0.1, 0.15) is 27.2 Å². The Labute approximate surface area is 117 Å². The van der Waals surface area contributed by atoms with Crippen molar-refractivity contribution >= 4 is 14.4 Å². The maximum Gasteiger partial charge on any atom is 0.404 e. The molecule has 1 rings (SSSR count). The van der Waals surface area contributed by atoms with E-state index < -0.39 is 14.4 Å². The molecule has 0 spiro atoms. The van der Waals surface area contributed by atoms with E-state index in [0.29, 0.717) is 12.5 Å². The van der Waals surface area contributed by atoms with Crippen molar-refractivity contribution in [1.29, 1.82) is 0 Å². The lowest BCUT2D eigenvalue weighted by molar-refractivity contribution is 0.166. The first-order chi connectivity index (χ1) is 8.62. The number of piperidine rings is 1. The maximum absolute atomic E-state index is 10.7. The van der Waals surface area contributed by atoms with Gasteiger partial charge in [0.25, 0.3) is 0 Å². The van der Waals surface area contributed by atoms with Gasteiger partial charge in [0.05, 0.1) is 0 Å². The van der Waals surface area contributed by atoms with E-state index in [0.717, 1.165) is 19.6 Å². The van der Waals surface area contributed by atoms with Crippen LogP contribution in [0.25, 0.3) is 0 Å². The lowest BCUT2D eigenvalue weighted by Crippen LogP contribution is -2.50. The molecule has 1 aliphatic heterocycles. The topological polar surface area (TPSA) is 70.6 Å². The fraction of sp³-hybridized carbons (Fsp3) is 0.923. The molecule has 1 heterocycles. The van der Waals surface area contributed by atoms with Gasteiger partial charge in [-0.05, 0) is 30.5 Å². The number of nitrogens with one attached hydrogen (secondary N) is 2. The summed E-state index contributed by atoms with van der Waals surface area (Å²) >= 11 is 0. The van der Waals surface area contributed by atoms with E-state index in [1.54, 1.807) is 0 Å². The zero-order chi connectivity index (χ0) is 14.7. The van der Waals surface area contributed by atoms with Crippen LogP contribution < -0.4 is 10.6 Å². The average Bonchev–Trinajstić information content (AvgIpc) is 2.24. The third-order valence-corrected chi connectivity index (χ3v) is 8.76. The molecule has 2 atom stereocenters. The van der Waals surface area contributed by atoms with Crippen molar-refractivity contribution in [2.75, 3.05) is 19.7 Å². The highest BCUT2D eigenvalue weighted by atomic mass is 28.4. The first-order valence-corrected chi connectivity index (χ1v) is 9.87. The highest BCUT2D eigenvalue weighted by Crippen LogP contribution is 2.36. The van der Waals surface area contributed by atoms with Gasteiger partial charge in [0.15, 0.2) is 8.32 Å². The Balaban J connectivity index is 2.43. The Morgan fingerprint density at radius 3 is 2.58 bits per heavy atom. The normalized spacial score (nSPS) is 25.1. The molecule has 0 bridgehead atoms. The number of rotatable bonds is 4.